The molecular weight excluding hydrogens is 266 g/mol. The van der Waals surface area contributed by atoms with Crippen molar-refractivity contribution in [2.45, 2.75) is 32.2 Å². The summed E-state index contributed by atoms with van der Waals surface area (Å²) in [6, 6.07) is 9.46. The zero-order chi connectivity index (χ0) is 15.3. The lowest BCUT2D eigenvalue weighted by Crippen LogP contribution is -2.49. The van der Waals surface area contributed by atoms with Crippen molar-refractivity contribution in [3.8, 4) is 11.5 Å². The molecule has 0 unspecified atom stereocenters. The van der Waals surface area contributed by atoms with Crippen LogP contribution in [0.2, 0.25) is 0 Å². The first kappa shape index (κ1) is 15.3. The molecular formula is C16H21N3O2. The van der Waals surface area contributed by atoms with E-state index < -0.39 is 0 Å². The molecule has 0 saturated heterocycles. The molecule has 0 aliphatic carbocycles. The monoisotopic (exact) mass is 287 g/mol. The second kappa shape index (κ2) is 6.54. The Kier molecular flexibility index (Phi) is 4.75. The van der Waals surface area contributed by atoms with Crippen LogP contribution in [0.5, 0.6) is 0 Å². The molecule has 3 N–H and O–H groups in total. The maximum absolute atomic E-state index is 12.1. The fourth-order valence-corrected chi connectivity index (χ4v) is 1.94. The summed E-state index contributed by atoms with van der Waals surface area (Å²) in [6.07, 6.45) is 2.98. The molecule has 0 bridgehead atoms. The van der Waals surface area contributed by atoms with E-state index in [1.807, 2.05) is 44.2 Å². The molecule has 1 amide bonds. The van der Waals surface area contributed by atoms with Gasteiger partial charge in [0.25, 0.3) is 5.91 Å². The van der Waals surface area contributed by atoms with Gasteiger partial charge in [-0.15, -0.1) is 0 Å². The van der Waals surface area contributed by atoms with Gasteiger partial charge in [0.1, 0.15) is 6.26 Å². The molecule has 0 spiro atoms. The highest BCUT2D eigenvalue weighted by molar-refractivity contribution is 5.92. The van der Waals surface area contributed by atoms with E-state index >= 15 is 0 Å². The number of carbonyl (C=O) groups excluding carboxylic acids is 1. The highest BCUT2D eigenvalue weighted by Crippen LogP contribution is 2.18. The van der Waals surface area contributed by atoms with E-state index in [0.29, 0.717) is 12.4 Å². The summed E-state index contributed by atoms with van der Waals surface area (Å²) in [6.45, 7) is 4.45. The van der Waals surface area contributed by atoms with E-state index in [0.717, 1.165) is 18.4 Å². The lowest BCUT2D eigenvalue weighted by Gasteiger charge is -2.26. The Labute approximate surface area is 124 Å². The number of nitrogens with one attached hydrogen (secondary N) is 1. The third kappa shape index (κ3) is 3.70. The molecule has 112 valence electrons. The fourth-order valence-electron chi connectivity index (χ4n) is 1.94. The van der Waals surface area contributed by atoms with Crippen molar-refractivity contribution in [1.29, 1.82) is 0 Å². The minimum absolute atomic E-state index is 0.266. The Morgan fingerprint density at radius 1 is 1.29 bits per heavy atom. The van der Waals surface area contributed by atoms with Gasteiger partial charge in [-0.25, -0.2) is 4.98 Å². The molecule has 5 nitrogen and oxygen atoms in total. The van der Waals surface area contributed by atoms with Crippen LogP contribution in [0.4, 0.5) is 0 Å². The number of aromatic nitrogens is 1. The zero-order valence-corrected chi connectivity index (χ0v) is 12.4. The molecule has 21 heavy (non-hydrogen) atoms. The zero-order valence-electron chi connectivity index (χ0n) is 12.4. The number of hydrogen-bond donors (Lipinski definition) is 2. The van der Waals surface area contributed by atoms with E-state index in [1.54, 1.807) is 0 Å². The van der Waals surface area contributed by atoms with Crippen molar-refractivity contribution >= 4 is 5.91 Å². The van der Waals surface area contributed by atoms with E-state index in [-0.39, 0.29) is 17.1 Å². The molecule has 1 heterocycles. The van der Waals surface area contributed by atoms with Gasteiger partial charge in [-0.2, -0.15) is 0 Å². The second-order valence-electron chi connectivity index (χ2n) is 5.16. The third-order valence-electron chi connectivity index (χ3n) is 3.77. The molecule has 0 saturated carbocycles. The van der Waals surface area contributed by atoms with Crippen LogP contribution < -0.4 is 11.1 Å². The summed E-state index contributed by atoms with van der Waals surface area (Å²) in [7, 11) is 0. The maximum Gasteiger partial charge on any atom is 0.273 e. The van der Waals surface area contributed by atoms with Gasteiger partial charge in [0.05, 0.1) is 0 Å². The van der Waals surface area contributed by atoms with Crippen LogP contribution >= 0.6 is 0 Å². The molecule has 0 atom stereocenters. The van der Waals surface area contributed by atoms with Gasteiger partial charge in [0.2, 0.25) is 5.89 Å². The van der Waals surface area contributed by atoms with Crippen molar-refractivity contribution in [2.75, 3.05) is 6.54 Å². The SMILES string of the molecule is CCC(N)(CC)CNC(=O)c1coc(-c2ccccc2)n1. The molecule has 5 heteroatoms. The summed E-state index contributed by atoms with van der Waals surface area (Å²) >= 11 is 0. The van der Waals surface area contributed by atoms with Crippen LogP contribution in [0.1, 0.15) is 37.2 Å². The molecule has 2 aromatic rings. The van der Waals surface area contributed by atoms with Gasteiger partial charge in [0, 0.05) is 17.6 Å². The first-order chi connectivity index (χ1) is 10.1. The molecule has 1 aromatic heterocycles. The maximum atomic E-state index is 12.1. The van der Waals surface area contributed by atoms with E-state index in [4.69, 9.17) is 10.2 Å². The van der Waals surface area contributed by atoms with Gasteiger partial charge >= 0.3 is 0 Å². The van der Waals surface area contributed by atoms with Crippen LogP contribution in [0, 0.1) is 0 Å². The average Bonchev–Trinajstić information content (AvgIpc) is 3.03. The first-order valence-electron chi connectivity index (χ1n) is 7.16. The Morgan fingerprint density at radius 3 is 2.57 bits per heavy atom. The van der Waals surface area contributed by atoms with Gasteiger partial charge < -0.3 is 15.5 Å². The highest BCUT2D eigenvalue weighted by Gasteiger charge is 2.22. The highest BCUT2D eigenvalue weighted by atomic mass is 16.3. The molecule has 0 aliphatic heterocycles. The smallest absolute Gasteiger partial charge is 0.273 e. The summed E-state index contributed by atoms with van der Waals surface area (Å²) in [4.78, 5) is 16.3. The number of hydrogen-bond acceptors (Lipinski definition) is 4. The van der Waals surface area contributed by atoms with Crippen LogP contribution in [-0.2, 0) is 0 Å². The second-order valence-corrected chi connectivity index (χ2v) is 5.16. The van der Waals surface area contributed by atoms with Crippen LogP contribution in [-0.4, -0.2) is 23.0 Å². The van der Waals surface area contributed by atoms with Crippen molar-refractivity contribution in [2.24, 2.45) is 5.73 Å². The van der Waals surface area contributed by atoms with Gasteiger partial charge in [-0.3, -0.25) is 4.79 Å². The molecule has 0 fully saturated rings. The van der Waals surface area contributed by atoms with E-state index in [1.165, 1.54) is 6.26 Å². The van der Waals surface area contributed by atoms with Crippen LogP contribution in [0.15, 0.2) is 41.0 Å². The minimum Gasteiger partial charge on any atom is -0.444 e. The Hall–Kier alpha value is -2.14. The lowest BCUT2D eigenvalue weighted by molar-refractivity contribution is 0.0937. The number of amides is 1. The molecule has 2 rings (SSSR count). The van der Waals surface area contributed by atoms with Gasteiger partial charge in [-0.1, -0.05) is 32.0 Å². The van der Waals surface area contributed by atoms with Crippen molar-refractivity contribution in [1.82, 2.24) is 10.3 Å². The normalized spacial score (nSPS) is 11.4. The quantitative estimate of drug-likeness (QED) is 0.855. The molecule has 0 aliphatic rings. The van der Waals surface area contributed by atoms with E-state index in [2.05, 4.69) is 10.3 Å². The topological polar surface area (TPSA) is 81.1 Å². The molecule has 0 radical (unpaired) electrons. The van der Waals surface area contributed by atoms with Gasteiger partial charge in [0.15, 0.2) is 5.69 Å². The Morgan fingerprint density at radius 2 is 1.95 bits per heavy atom. The van der Waals surface area contributed by atoms with Crippen LogP contribution in [0.25, 0.3) is 11.5 Å². The lowest BCUT2D eigenvalue weighted by atomic mass is 9.94. The minimum atomic E-state index is -0.373. The summed E-state index contributed by atoms with van der Waals surface area (Å²) in [5, 5.41) is 2.82. The predicted octanol–water partition coefficient (Wildman–Crippen LogP) is 2.59. The van der Waals surface area contributed by atoms with Crippen molar-refractivity contribution < 1.29 is 9.21 Å². The first-order valence-corrected chi connectivity index (χ1v) is 7.16. The van der Waals surface area contributed by atoms with Gasteiger partial charge in [-0.05, 0) is 25.0 Å². The Balaban J connectivity index is 2.03. The standard InChI is InChI=1S/C16H21N3O2/c1-3-16(17,4-2)11-18-14(20)13-10-21-15(19-13)12-8-6-5-7-9-12/h5-10H,3-4,11,17H2,1-2H3,(H,18,20). The Bertz CT molecular complexity index is 589. The van der Waals surface area contributed by atoms with E-state index in [9.17, 15) is 4.79 Å². The van der Waals surface area contributed by atoms with Crippen molar-refractivity contribution in [3.63, 3.8) is 0 Å². The number of nitrogens with zero attached hydrogens (tertiary/aromatic N) is 1. The average molecular weight is 287 g/mol. The largest absolute Gasteiger partial charge is 0.444 e. The summed E-state index contributed by atoms with van der Waals surface area (Å²) in [5.74, 6) is 0.170. The summed E-state index contributed by atoms with van der Waals surface area (Å²) in [5.41, 5.74) is 6.89. The van der Waals surface area contributed by atoms with Crippen LogP contribution in [0.3, 0.4) is 0 Å². The predicted molar refractivity (Wildman–Crippen MR) is 81.8 cm³/mol. The summed E-state index contributed by atoms with van der Waals surface area (Å²) < 4.78 is 5.35. The number of rotatable bonds is 6. The fraction of sp³-hybridized carbons (Fsp3) is 0.375. The number of benzene rings is 1. The third-order valence-corrected chi connectivity index (χ3v) is 3.77. The number of oxazole rings is 1. The number of carbonyl (C=O) groups is 1. The van der Waals surface area contributed by atoms with Crippen molar-refractivity contribution in [3.05, 3.63) is 42.3 Å². The number of nitrogens with two attached hydrogens (primary N) is 1. The molecule has 1 aromatic carbocycles.